The standard InChI is InChI=1S/6C7H12O2S3.W/c6*8-12(11)7(10)9-6-4-2-1-3-5-6;/h6*6,10H,1-5H2;/q;;;;;;+6/p-6. The molecule has 0 atom stereocenters. The second-order valence-electron chi connectivity index (χ2n) is 17.2. The van der Waals surface area contributed by atoms with E-state index < -0.39 is 53.7 Å². The van der Waals surface area contributed by atoms with Crippen LogP contribution < -0.4 is 0 Å². The molecule has 0 bridgehead atoms. The molecule has 12 nitrogen and oxygen atoms in total. The van der Waals surface area contributed by atoms with E-state index >= 15 is 0 Å². The van der Waals surface area contributed by atoms with Crippen LogP contribution in [0.1, 0.15) is 193 Å². The van der Waals surface area contributed by atoms with Crippen LogP contribution >= 0.6 is 0 Å². The zero-order valence-corrected chi connectivity index (χ0v) is 58.0. The van der Waals surface area contributed by atoms with E-state index in [9.17, 15) is 25.3 Å². The van der Waals surface area contributed by atoms with Gasteiger partial charge in [-0.25, -0.2) is 25.3 Å². The molecule has 0 saturated heterocycles. The van der Waals surface area contributed by atoms with Crippen LogP contribution in [0.4, 0.5) is 0 Å². The Labute approximate surface area is 520 Å². The Balaban J connectivity index is 0.000000850. The van der Waals surface area contributed by atoms with Gasteiger partial charge in [0.05, 0.1) is 90.3 Å². The Morgan fingerprint density at radius 3 is 0.425 bits per heavy atom. The molecule has 31 heteroatoms. The van der Waals surface area contributed by atoms with Crippen LogP contribution in [0.3, 0.4) is 0 Å². The smallest absolute Gasteiger partial charge is 0.717 e. The fourth-order valence-corrected chi connectivity index (χ4v) is 11.0. The van der Waals surface area contributed by atoms with Gasteiger partial charge in [-0.15, -0.1) is 0 Å². The van der Waals surface area contributed by atoms with Gasteiger partial charge in [0.15, 0.2) is 0 Å². The summed E-state index contributed by atoms with van der Waals surface area (Å²) in [5, 5.41) is 0. The third-order valence-corrected chi connectivity index (χ3v) is 21.8. The van der Waals surface area contributed by atoms with Gasteiger partial charge in [0.1, 0.15) is 0 Å². The minimum absolute atomic E-state index is 0. The summed E-state index contributed by atoms with van der Waals surface area (Å²) in [7, 11) is -9.12. The first-order valence-electron chi connectivity index (χ1n) is 24.0. The molecule has 6 rings (SSSR count). The Morgan fingerprint density at radius 1 is 0.247 bits per heavy atom. The molecule has 6 aliphatic carbocycles. The molecule has 0 radical (unpaired) electrons. The fourth-order valence-electron chi connectivity index (χ4n) is 8.15. The van der Waals surface area contributed by atoms with Gasteiger partial charge in [-0.1, -0.05) is 116 Å². The van der Waals surface area contributed by atoms with Crippen LogP contribution in [0.15, 0.2) is 0 Å². The molecule has 0 unspecified atom stereocenters. The van der Waals surface area contributed by atoms with Crippen LogP contribution in [0.25, 0.3) is 0 Å². The second kappa shape index (κ2) is 47.7. The molecule has 0 heterocycles. The minimum atomic E-state index is -1.52. The van der Waals surface area contributed by atoms with E-state index in [2.05, 4.69) is 67.1 Å². The van der Waals surface area contributed by atoms with E-state index in [-0.39, 0.29) is 84.0 Å². The van der Waals surface area contributed by atoms with E-state index in [1.165, 1.54) is 116 Å². The molecule has 6 aliphatic rings. The van der Waals surface area contributed by atoms with Crippen LogP contribution in [0, 0.1) is 0 Å². The topological polar surface area (TPSA) is 158 Å². The molecule has 0 aliphatic heterocycles. The molecule has 73 heavy (non-hydrogen) atoms. The zero-order chi connectivity index (χ0) is 53.8. The van der Waals surface area contributed by atoms with Gasteiger partial charge in [-0.3, -0.25) is 0 Å². The van der Waals surface area contributed by atoms with Gasteiger partial charge in [0, 0.05) is 93.4 Å². The van der Waals surface area contributed by atoms with E-state index in [1.807, 2.05) is 0 Å². The van der Waals surface area contributed by atoms with Crippen molar-refractivity contribution >= 4 is 223 Å². The maximum absolute atomic E-state index is 10.7. The van der Waals surface area contributed by atoms with E-state index in [0.717, 1.165) is 77.0 Å². The van der Waals surface area contributed by atoms with Crippen molar-refractivity contribution in [2.45, 2.75) is 229 Å². The van der Waals surface area contributed by atoms with Gasteiger partial charge in [0.2, 0.25) is 0 Å². The first-order chi connectivity index (χ1) is 34.2. The van der Waals surface area contributed by atoms with Gasteiger partial charge in [0.25, 0.3) is 0 Å². The Bertz CT molecular complexity index is 1980. The summed E-state index contributed by atoms with van der Waals surface area (Å²) in [5.74, 6) is 0. The van der Waals surface area contributed by atoms with Gasteiger partial charge >= 0.3 is 21.1 Å². The Hall–Kier alpha value is 3.21. The van der Waals surface area contributed by atoms with Gasteiger partial charge in [-0.2, -0.15) is 0 Å². The average molecular weight is 1520 g/mol. The maximum atomic E-state index is 10.7. The van der Waals surface area contributed by atoms with Crippen molar-refractivity contribution in [1.29, 1.82) is 0 Å². The summed E-state index contributed by atoms with van der Waals surface area (Å²) < 4.78 is 96.2. The van der Waals surface area contributed by atoms with E-state index in [1.54, 1.807) is 0 Å². The number of hydrogen-bond donors (Lipinski definition) is 0. The molecule has 0 spiro atoms. The summed E-state index contributed by atoms with van der Waals surface area (Å²) in [6, 6.07) is 0. The third-order valence-electron chi connectivity index (χ3n) is 11.7. The predicted molar refractivity (Wildman–Crippen MR) is 335 cm³/mol. The molecule has 6 fully saturated rings. The second-order valence-corrected chi connectivity index (χ2v) is 31.4. The van der Waals surface area contributed by atoms with Gasteiger partial charge in [-0.05, 0) is 77.0 Å². The number of ether oxygens (including phenoxy) is 6. The molecule has 6 saturated carbocycles. The summed E-state index contributed by atoms with van der Waals surface area (Å²) in [4.78, 5) is 0. The zero-order valence-electron chi connectivity index (χ0n) is 40.3. The minimum Gasteiger partial charge on any atom is -0.717 e. The molecule has 0 N–H and O–H groups in total. The van der Waals surface area contributed by atoms with Crippen molar-refractivity contribution < 1.29 is 74.7 Å². The third kappa shape index (κ3) is 41.0. The summed E-state index contributed by atoms with van der Waals surface area (Å²) >= 11 is 55.2. The summed E-state index contributed by atoms with van der Waals surface area (Å²) in [5.41, 5.74) is 0. The first-order valence-corrected chi connectivity index (χ1v) is 38.9. The molecular weight excluding hydrogens is 1460 g/mol. The van der Waals surface area contributed by atoms with E-state index in [0.29, 0.717) is 0 Å². The molecule has 0 aromatic heterocycles. The van der Waals surface area contributed by atoms with Crippen LogP contribution in [0.2, 0.25) is 0 Å². The van der Waals surface area contributed by atoms with Gasteiger partial charge < -0.3 is 104 Å². The molecule has 0 amide bonds. The van der Waals surface area contributed by atoms with E-state index in [4.69, 9.17) is 104 Å². The molecule has 420 valence electrons. The van der Waals surface area contributed by atoms with Crippen molar-refractivity contribution in [3.63, 3.8) is 0 Å². The Morgan fingerprint density at radius 2 is 0.342 bits per heavy atom. The average Bonchev–Trinajstić information content (AvgIpc) is 3.36. The largest absolute Gasteiger partial charge is 6.00 e. The SMILES string of the molecule is O=S(=S)=C([S-])OC1CCCCC1.O=S(=S)=C([S-])OC1CCCCC1.O=S(=S)=C([S-])OC1CCCCC1.O=S(=S)=C([S-])OC1CCCCC1.O=S(=S)=C([S-])OC1CCCCC1.O=S(=S)=C([S-])OC1CCCCC1.[W+6]. The van der Waals surface area contributed by atoms with Crippen LogP contribution in [0.5, 0.6) is 0 Å². The summed E-state index contributed by atoms with van der Waals surface area (Å²) in [6.45, 7) is 0. The normalized spacial score (nSPS) is 18.8. The molecular formula is C42H66O12S18W. The van der Waals surface area contributed by atoms with Crippen LogP contribution in [-0.4, -0.2) is 88.2 Å². The first kappa shape index (κ1) is 76.2. The molecule has 0 aromatic rings. The number of hydrogen-bond acceptors (Lipinski definition) is 24. The fraction of sp³-hybridized carbons (Fsp3) is 0.857. The molecule has 0 aromatic carbocycles. The summed E-state index contributed by atoms with van der Waals surface area (Å²) in [6.07, 6.45) is 35.0. The van der Waals surface area contributed by atoms with Crippen molar-refractivity contribution in [3.05, 3.63) is 0 Å². The van der Waals surface area contributed by atoms with Crippen molar-refractivity contribution in [1.82, 2.24) is 0 Å². The van der Waals surface area contributed by atoms with Crippen molar-refractivity contribution in [3.8, 4) is 0 Å². The maximum Gasteiger partial charge on any atom is 6.00 e. The Kier molecular flexibility index (Phi) is 49.8. The monoisotopic (exact) mass is 1520 g/mol. The quantitative estimate of drug-likeness (QED) is 0.196. The van der Waals surface area contributed by atoms with Crippen molar-refractivity contribution in [2.75, 3.05) is 0 Å². The van der Waals surface area contributed by atoms with Crippen molar-refractivity contribution in [2.24, 2.45) is 0 Å². The predicted octanol–water partition coefficient (Wildman–Crippen LogP) is 7.08. The number of rotatable bonds is 6. The van der Waals surface area contributed by atoms with Crippen LogP contribution in [-0.2, 0) is 246 Å².